The van der Waals surface area contributed by atoms with Crippen molar-refractivity contribution in [3.63, 3.8) is 0 Å². The number of carbonyl (C=O) groups is 1. The second kappa shape index (κ2) is 7.95. The number of thioether (sulfide) groups is 1. The Bertz CT molecular complexity index is 705. The maximum Gasteiger partial charge on any atom is 0.253 e. The zero-order chi connectivity index (χ0) is 16.9. The molecule has 126 valence electrons. The molecule has 1 aliphatic rings. The Hall–Kier alpha value is -1.65. The van der Waals surface area contributed by atoms with E-state index in [1.54, 1.807) is 7.11 Å². The first-order chi connectivity index (χ1) is 11.7. The number of nitrogens with zero attached hydrogens (tertiary/aromatic N) is 1. The maximum atomic E-state index is 12.7. The van der Waals surface area contributed by atoms with Gasteiger partial charge in [-0.2, -0.15) is 11.8 Å². The van der Waals surface area contributed by atoms with E-state index in [4.69, 9.17) is 16.3 Å². The lowest BCUT2D eigenvalue weighted by molar-refractivity contribution is 0.0766. The van der Waals surface area contributed by atoms with E-state index < -0.39 is 0 Å². The van der Waals surface area contributed by atoms with E-state index in [1.807, 2.05) is 59.1 Å². The largest absolute Gasteiger partial charge is 0.497 e. The van der Waals surface area contributed by atoms with E-state index in [1.165, 1.54) is 5.56 Å². The highest BCUT2D eigenvalue weighted by atomic mass is 35.5. The monoisotopic (exact) mass is 361 g/mol. The average molecular weight is 362 g/mol. The summed E-state index contributed by atoms with van der Waals surface area (Å²) in [6, 6.07) is 15.3. The summed E-state index contributed by atoms with van der Waals surface area (Å²) in [6.07, 6.45) is 0.913. The molecular weight excluding hydrogens is 342 g/mol. The van der Waals surface area contributed by atoms with Crippen LogP contribution in [0.5, 0.6) is 5.75 Å². The number of benzene rings is 2. The van der Waals surface area contributed by atoms with Gasteiger partial charge in [-0.15, -0.1) is 0 Å². The van der Waals surface area contributed by atoms with Gasteiger partial charge in [-0.3, -0.25) is 4.79 Å². The molecule has 1 atom stereocenters. The lowest BCUT2D eigenvalue weighted by atomic mass is 10.1. The smallest absolute Gasteiger partial charge is 0.253 e. The van der Waals surface area contributed by atoms with Gasteiger partial charge in [0, 0.05) is 34.7 Å². The second-order valence-electron chi connectivity index (χ2n) is 5.69. The normalized spacial score (nSPS) is 18.1. The van der Waals surface area contributed by atoms with Crippen LogP contribution in [0.3, 0.4) is 0 Å². The minimum absolute atomic E-state index is 0.0815. The van der Waals surface area contributed by atoms with Crippen molar-refractivity contribution in [3.8, 4) is 5.75 Å². The summed E-state index contributed by atoms with van der Waals surface area (Å²) >= 11 is 8.20. The predicted molar refractivity (Wildman–Crippen MR) is 100 cm³/mol. The third-order valence-corrected chi connectivity index (χ3v) is 5.87. The maximum absolute atomic E-state index is 12.7. The van der Waals surface area contributed by atoms with Gasteiger partial charge in [-0.25, -0.2) is 0 Å². The molecule has 3 rings (SSSR count). The summed E-state index contributed by atoms with van der Waals surface area (Å²) in [5.74, 6) is 1.76. The van der Waals surface area contributed by atoms with Gasteiger partial charge in [-0.1, -0.05) is 29.8 Å². The molecule has 0 spiro atoms. The molecule has 0 aliphatic carbocycles. The highest BCUT2D eigenvalue weighted by Crippen LogP contribution is 2.37. The first-order valence-electron chi connectivity index (χ1n) is 7.98. The van der Waals surface area contributed by atoms with E-state index in [-0.39, 0.29) is 5.91 Å². The number of carbonyl (C=O) groups excluding carboxylic acids is 1. The summed E-state index contributed by atoms with van der Waals surface area (Å²) in [6.45, 7) is 1.50. The number of amides is 1. The molecule has 1 saturated heterocycles. The Balaban J connectivity index is 1.68. The third kappa shape index (κ3) is 3.87. The van der Waals surface area contributed by atoms with Crippen molar-refractivity contribution in [2.45, 2.75) is 11.7 Å². The SMILES string of the molecule is COc1ccc(C(=O)N2CCSC(c3ccccc3Cl)CC2)cc1. The van der Waals surface area contributed by atoms with E-state index in [2.05, 4.69) is 6.07 Å². The van der Waals surface area contributed by atoms with Crippen LogP contribution in [0, 0.1) is 0 Å². The minimum Gasteiger partial charge on any atom is -0.497 e. The fourth-order valence-corrected chi connectivity index (χ4v) is 4.47. The third-order valence-electron chi connectivity index (χ3n) is 4.22. The van der Waals surface area contributed by atoms with Gasteiger partial charge >= 0.3 is 0 Å². The molecule has 2 aromatic carbocycles. The van der Waals surface area contributed by atoms with E-state index in [0.29, 0.717) is 10.8 Å². The lowest BCUT2D eigenvalue weighted by Gasteiger charge is -2.20. The van der Waals surface area contributed by atoms with E-state index in [0.717, 1.165) is 36.0 Å². The van der Waals surface area contributed by atoms with Crippen LogP contribution in [0.4, 0.5) is 0 Å². The van der Waals surface area contributed by atoms with Gasteiger partial charge in [0.25, 0.3) is 5.91 Å². The van der Waals surface area contributed by atoms with Crippen molar-refractivity contribution >= 4 is 29.3 Å². The highest BCUT2D eigenvalue weighted by molar-refractivity contribution is 7.99. The fraction of sp³-hybridized carbons (Fsp3) is 0.316. The first kappa shape index (κ1) is 17.2. The van der Waals surface area contributed by atoms with Crippen molar-refractivity contribution in [1.29, 1.82) is 0 Å². The molecule has 1 fully saturated rings. The number of halogens is 1. The van der Waals surface area contributed by atoms with Crippen LogP contribution in [0.2, 0.25) is 5.02 Å². The Morgan fingerprint density at radius 2 is 1.92 bits per heavy atom. The molecule has 24 heavy (non-hydrogen) atoms. The van der Waals surface area contributed by atoms with Gasteiger partial charge in [0.15, 0.2) is 0 Å². The average Bonchev–Trinajstić information content (AvgIpc) is 2.88. The molecule has 1 aliphatic heterocycles. The molecule has 1 heterocycles. The van der Waals surface area contributed by atoms with Crippen LogP contribution in [-0.4, -0.2) is 36.8 Å². The number of rotatable bonds is 3. The predicted octanol–water partition coefficient (Wildman–Crippen LogP) is 4.67. The summed E-state index contributed by atoms with van der Waals surface area (Å²) in [5.41, 5.74) is 1.87. The van der Waals surface area contributed by atoms with Gasteiger partial charge in [0.2, 0.25) is 0 Å². The lowest BCUT2D eigenvalue weighted by Crippen LogP contribution is -2.32. The summed E-state index contributed by atoms with van der Waals surface area (Å²) in [7, 11) is 1.62. The molecule has 0 aromatic heterocycles. The Labute approximate surface area is 151 Å². The Morgan fingerprint density at radius 3 is 2.62 bits per heavy atom. The van der Waals surface area contributed by atoms with Crippen molar-refractivity contribution < 1.29 is 9.53 Å². The molecule has 1 amide bonds. The zero-order valence-electron chi connectivity index (χ0n) is 13.6. The zero-order valence-corrected chi connectivity index (χ0v) is 15.1. The standard InChI is InChI=1S/C19H20ClNO2S/c1-23-15-8-6-14(7-9-15)19(22)21-11-10-18(24-13-12-21)16-4-2-3-5-17(16)20/h2-9,18H,10-13H2,1H3. The van der Waals surface area contributed by atoms with Crippen LogP contribution in [0.1, 0.15) is 27.6 Å². The number of hydrogen-bond donors (Lipinski definition) is 0. The van der Waals surface area contributed by atoms with Crippen LogP contribution in [-0.2, 0) is 0 Å². The Morgan fingerprint density at radius 1 is 1.17 bits per heavy atom. The number of ether oxygens (including phenoxy) is 1. The number of hydrogen-bond acceptors (Lipinski definition) is 3. The molecular formula is C19H20ClNO2S. The summed E-state index contributed by atoms with van der Waals surface area (Å²) in [4.78, 5) is 14.6. The second-order valence-corrected chi connectivity index (χ2v) is 7.41. The summed E-state index contributed by atoms with van der Waals surface area (Å²) in [5, 5.41) is 1.15. The van der Waals surface area contributed by atoms with E-state index in [9.17, 15) is 4.79 Å². The Kier molecular flexibility index (Phi) is 5.69. The van der Waals surface area contributed by atoms with Crippen LogP contribution >= 0.6 is 23.4 Å². The molecule has 0 saturated carbocycles. The molecule has 3 nitrogen and oxygen atoms in total. The molecule has 2 aromatic rings. The van der Waals surface area contributed by atoms with E-state index >= 15 is 0 Å². The minimum atomic E-state index is 0.0815. The fourth-order valence-electron chi connectivity index (χ4n) is 2.87. The van der Waals surface area contributed by atoms with Crippen LogP contribution in [0.25, 0.3) is 0 Å². The highest BCUT2D eigenvalue weighted by Gasteiger charge is 2.23. The van der Waals surface area contributed by atoms with Crippen molar-refractivity contribution in [2.75, 3.05) is 26.0 Å². The van der Waals surface area contributed by atoms with Crippen LogP contribution < -0.4 is 4.74 Å². The van der Waals surface area contributed by atoms with Crippen LogP contribution in [0.15, 0.2) is 48.5 Å². The topological polar surface area (TPSA) is 29.5 Å². The number of methoxy groups -OCH3 is 1. The van der Waals surface area contributed by atoms with Gasteiger partial charge < -0.3 is 9.64 Å². The van der Waals surface area contributed by atoms with Crippen molar-refractivity contribution in [3.05, 3.63) is 64.7 Å². The van der Waals surface area contributed by atoms with Gasteiger partial charge in [0.05, 0.1) is 7.11 Å². The van der Waals surface area contributed by atoms with Gasteiger partial charge in [-0.05, 0) is 42.3 Å². The first-order valence-corrected chi connectivity index (χ1v) is 9.41. The van der Waals surface area contributed by atoms with Crippen molar-refractivity contribution in [2.24, 2.45) is 0 Å². The molecule has 0 bridgehead atoms. The van der Waals surface area contributed by atoms with Gasteiger partial charge in [0.1, 0.15) is 5.75 Å². The molecule has 0 radical (unpaired) electrons. The molecule has 0 N–H and O–H groups in total. The molecule has 1 unspecified atom stereocenters. The van der Waals surface area contributed by atoms with Crippen molar-refractivity contribution in [1.82, 2.24) is 4.90 Å². The molecule has 5 heteroatoms. The quantitative estimate of drug-likeness (QED) is 0.795. The summed E-state index contributed by atoms with van der Waals surface area (Å²) < 4.78 is 5.15.